The largest absolute Gasteiger partial charge is 0.378 e. The number of hydrogen-bond donors (Lipinski definition) is 1. The Kier molecular flexibility index (Phi) is 6.70. The Bertz CT molecular complexity index is 281. The maximum Gasteiger partial charge on any atom is 0.0611 e. The van der Waals surface area contributed by atoms with Gasteiger partial charge < -0.3 is 9.94 Å². The van der Waals surface area contributed by atoms with Crippen LogP contribution < -0.4 is 0 Å². The summed E-state index contributed by atoms with van der Waals surface area (Å²) in [6, 6.07) is 0. The normalized spacial score (nSPS) is 22.9. The van der Waals surface area contributed by atoms with E-state index < -0.39 is 0 Å². The van der Waals surface area contributed by atoms with Gasteiger partial charge in [0, 0.05) is 17.7 Å². The molecule has 118 valence electrons. The maximum absolute atomic E-state index is 10.2. The van der Waals surface area contributed by atoms with Gasteiger partial charge in [-0.25, -0.2) is 0 Å². The van der Waals surface area contributed by atoms with Crippen LogP contribution in [0, 0.1) is 0 Å². The molecule has 0 spiro atoms. The minimum Gasteiger partial charge on any atom is -0.378 e. The van der Waals surface area contributed by atoms with Crippen molar-refractivity contribution in [3.05, 3.63) is 12.7 Å². The standard InChI is InChI=1S/C17H33NO2/c1-6-7-8-9-10-11-12-20-15-13-16(2,3)18(19)17(4,5)14-15/h6,15,19H,1,7-14H2,2-5H3. The Balaban J connectivity index is 2.26. The number of ether oxygens (including phenoxy) is 1. The van der Waals surface area contributed by atoms with E-state index in [2.05, 4.69) is 34.3 Å². The summed E-state index contributed by atoms with van der Waals surface area (Å²) in [5, 5.41) is 11.8. The van der Waals surface area contributed by atoms with E-state index in [4.69, 9.17) is 4.74 Å². The second-order valence-electron chi connectivity index (χ2n) is 7.33. The molecule has 0 amide bonds. The lowest BCUT2D eigenvalue weighted by Gasteiger charge is -2.51. The highest BCUT2D eigenvalue weighted by atomic mass is 16.5. The molecule has 1 N–H and O–H groups in total. The highest BCUT2D eigenvalue weighted by Gasteiger charge is 2.45. The molecule has 0 radical (unpaired) electrons. The van der Waals surface area contributed by atoms with Crippen LogP contribution in [0.3, 0.4) is 0 Å². The van der Waals surface area contributed by atoms with Crippen molar-refractivity contribution >= 4 is 0 Å². The number of allylic oxidation sites excluding steroid dienone is 1. The van der Waals surface area contributed by atoms with Crippen LogP contribution >= 0.6 is 0 Å². The molecule has 0 atom stereocenters. The van der Waals surface area contributed by atoms with Gasteiger partial charge in [-0.15, -0.1) is 6.58 Å². The second kappa shape index (κ2) is 7.58. The van der Waals surface area contributed by atoms with Crippen LogP contribution in [-0.4, -0.2) is 34.1 Å². The summed E-state index contributed by atoms with van der Waals surface area (Å²) in [7, 11) is 0. The average Bonchev–Trinajstić information content (AvgIpc) is 2.34. The molecule has 0 aromatic carbocycles. The van der Waals surface area contributed by atoms with Crippen molar-refractivity contribution in [2.24, 2.45) is 0 Å². The van der Waals surface area contributed by atoms with Crippen LogP contribution in [0.4, 0.5) is 0 Å². The zero-order chi connectivity index (χ0) is 15.2. The van der Waals surface area contributed by atoms with Gasteiger partial charge in [0.15, 0.2) is 0 Å². The third-order valence-corrected chi connectivity index (χ3v) is 4.26. The Morgan fingerprint density at radius 1 is 1.10 bits per heavy atom. The van der Waals surface area contributed by atoms with Gasteiger partial charge in [-0.05, 0) is 59.8 Å². The smallest absolute Gasteiger partial charge is 0.0611 e. The third kappa shape index (κ3) is 5.19. The topological polar surface area (TPSA) is 32.7 Å². The molecular weight excluding hydrogens is 250 g/mol. The Morgan fingerprint density at radius 3 is 2.20 bits per heavy atom. The Hall–Kier alpha value is -0.380. The molecule has 0 aromatic heterocycles. The summed E-state index contributed by atoms with van der Waals surface area (Å²) >= 11 is 0. The van der Waals surface area contributed by atoms with Gasteiger partial charge in [-0.3, -0.25) is 0 Å². The first-order valence-corrected chi connectivity index (χ1v) is 8.01. The van der Waals surface area contributed by atoms with Crippen molar-refractivity contribution in [2.45, 2.75) is 89.8 Å². The minimum absolute atomic E-state index is 0.212. The summed E-state index contributed by atoms with van der Waals surface area (Å²) in [5.41, 5.74) is -0.424. The average molecular weight is 283 g/mol. The molecule has 1 fully saturated rings. The zero-order valence-corrected chi connectivity index (χ0v) is 13.8. The fourth-order valence-corrected chi connectivity index (χ4v) is 3.29. The van der Waals surface area contributed by atoms with E-state index in [1.54, 1.807) is 0 Å². The number of rotatable bonds is 8. The first kappa shape index (κ1) is 17.7. The quantitative estimate of drug-likeness (QED) is 0.524. The summed E-state index contributed by atoms with van der Waals surface area (Å²) in [4.78, 5) is 0. The number of hydrogen-bond acceptors (Lipinski definition) is 3. The van der Waals surface area contributed by atoms with E-state index >= 15 is 0 Å². The molecule has 1 saturated heterocycles. The van der Waals surface area contributed by atoms with Gasteiger partial charge in [-0.1, -0.05) is 18.9 Å². The van der Waals surface area contributed by atoms with E-state index in [9.17, 15) is 5.21 Å². The molecular formula is C17H33NO2. The molecule has 0 unspecified atom stereocenters. The fourth-order valence-electron chi connectivity index (χ4n) is 3.29. The number of hydroxylamine groups is 2. The predicted molar refractivity (Wildman–Crippen MR) is 84.0 cm³/mol. The van der Waals surface area contributed by atoms with Crippen LogP contribution in [-0.2, 0) is 4.74 Å². The molecule has 0 aromatic rings. The Morgan fingerprint density at radius 2 is 1.65 bits per heavy atom. The Labute approximate surface area is 125 Å². The first-order valence-electron chi connectivity index (χ1n) is 8.01. The van der Waals surface area contributed by atoms with Crippen molar-refractivity contribution in [1.29, 1.82) is 0 Å². The summed E-state index contributed by atoms with van der Waals surface area (Å²) < 4.78 is 6.05. The lowest BCUT2D eigenvalue weighted by Crippen LogP contribution is -2.60. The van der Waals surface area contributed by atoms with Crippen LogP contribution in [0.2, 0.25) is 0 Å². The SMILES string of the molecule is C=CCCCCCCOC1CC(C)(C)N(O)C(C)(C)C1. The van der Waals surface area contributed by atoms with E-state index in [1.165, 1.54) is 24.3 Å². The summed E-state index contributed by atoms with van der Waals surface area (Å²) in [6.45, 7) is 12.9. The highest BCUT2D eigenvalue weighted by Crippen LogP contribution is 2.37. The molecule has 20 heavy (non-hydrogen) atoms. The van der Waals surface area contributed by atoms with Gasteiger partial charge in [0.1, 0.15) is 0 Å². The number of unbranched alkanes of at least 4 members (excludes halogenated alkanes) is 4. The van der Waals surface area contributed by atoms with E-state index in [1.807, 2.05) is 6.08 Å². The third-order valence-electron chi connectivity index (χ3n) is 4.26. The molecule has 1 aliphatic rings. The molecule has 1 rings (SSSR count). The number of piperidine rings is 1. The van der Waals surface area contributed by atoms with E-state index in [-0.39, 0.29) is 17.2 Å². The fraction of sp³-hybridized carbons (Fsp3) is 0.882. The molecule has 0 aliphatic carbocycles. The first-order chi connectivity index (χ1) is 9.29. The van der Waals surface area contributed by atoms with Crippen molar-refractivity contribution < 1.29 is 9.94 Å². The second-order valence-corrected chi connectivity index (χ2v) is 7.33. The molecule has 1 aliphatic heterocycles. The van der Waals surface area contributed by atoms with Crippen LogP contribution in [0.1, 0.15) is 72.6 Å². The van der Waals surface area contributed by atoms with E-state index in [0.29, 0.717) is 0 Å². The van der Waals surface area contributed by atoms with Crippen molar-refractivity contribution in [1.82, 2.24) is 5.06 Å². The predicted octanol–water partition coefficient (Wildman–Crippen LogP) is 4.55. The van der Waals surface area contributed by atoms with E-state index in [0.717, 1.165) is 32.3 Å². The van der Waals surface area contributed by atoms with Crippen LogP contribution in [0.5, 0.6) is 0 Å². The van der Waals surface area contributed by atoms with Crippen LogP contribution in [0.25, 0.3) is 0 Å². The molecule has 3 heteroatoms. The van der Waals surface area contributed by atoms with Gasteiger partial charge in [-0.2, -0.15) is 5.06 Å². The monoisotopic (exact) mass is 283 g/mol. The van der Waals surface area contributed by atoms with Gasteiger partial charge >= 0.3 is 0 Å². The highest BCUT2D eigenvalue weighted by molar-refractivity contribution is 4.96. The van der Waals surface area contributed by atoms with Gasteiger partial charge in [0.25, 0.3) is 0 Å². The van der Waals surface area contributed by atoms with Gasteiger partial charge in [0.2, 0.25) is 0 Å². The summed E-state index contributed by atoms with van der Waals surface area (Å²) in [6.07, 6.45) is 10.0. The molecule has 0 saturated carbocycles. The van der Waals surface area contributed by atoms with Crippen molar-refractivity contribution in [3.63, 3.8) is 0 Å². The van der Waals surface area contributed by atoms with Gasteiger partial charge in [0.05, 0.1) is 6.10 Å². The van der Waals surface area contributed by atoms with Crippen molar-refractivity contribution in [2.75, 3.05) is 6.61 Å². The molecule has 0 bridgehead atoms. The molecule has 1 heterocycles. The van der Waals surface area contributed by atoms with Crippen LogP contribution in [0.15, 0.2) is 12.7 Å². The minimum atomic E-state index is -0.212. The van der Waals surface area contributed by atoms with Crippen molar-refractivity contribution in [3.8, 4) is 0 Å². The lowest BCUT2D eigenvalue weighted by molar-refractivity contribution is -0.261. The maximum atomic E-state index is 10.2. The lowest BCUT2D eigenvalue weighted by atomic mass is 9.80. The molecule has 3 nitrogen and oxygen atoms in total. The summed E-state index contributed by atoms with van der Waals surface area (Å²) in [5.74, 6) is 0. The number of nitrogens with zero attached hydrogens (tertiary/aromatic N) is 1. The zero-order valence-electron chi connectivity index (χ0n) is 13.8.